The molecule has 0 N–H and O–H groups in total. The van der Waals surface area contributed by atoms with Crippen molar-refractivity contribution in [2.45, 2.75) is 39.2 Å². The first kappa shape index (κ1) is 13.3. The van der Waals surface area contributed by atoms with Crippen LogP contribution in [0.3, 0.4) is 0 Å². The first-order valence-electron chi connectivity index (χ1n) is 7.30. The van der Waals surface area contributed by atoms with Gasteiger partial charge in [-0.15, -0.1) is 0 Å². The van der Waals surface area contributed by atoms with Crippen LogP contribution in [0.2, 0.25) is 0 Å². The fraction of sp³-hybridized carbons (Fsp3) is 0.529. The number of rotatable bonds is 3. The molecule has 0 heterocycles. The van der Waals surface area contributed by atoms with E-state index in [1.807, 2.05) is 6.07 Å². The summed E-state index contributed by atoms with van der Waals surface area (Å²) in [4.78, 5) is 24.0. The van der Waals surface area contributed by atoms with Gasteiger partial charge in [-0.25, -0.2) is 4.79 Å². The molecule has 3 nitrogen and oxygen atoms in total. The van der Waals surface area contributed by atoms with E-state index < -0.39 is 11.8 Å². The Morgan fingerprint density at radius 3 is 2.45 bits per heavy atom. The van der Waals surface area contributed by atoms with Crippen molar-refractivity contribution in [1.29, 1.82) is 0 Å². The van der Waals surface area contributed by atoms with E-state index in [4.69, 9.17) is 4.74 Å². The number of hydrogen-bond acceptors (Lipinski definition) is 3. The lowest BCUT2D eigenvalue weighted by Crippen LogP contribution is -2.56. The van der Waals surface area contributed by atoms with E-state index in [0.29, 0.717) is 11.5 Å². The van der Waals surface area contributed by atoms with Crippen molar-refractivity contribution >= 4 is 11.8 Å². The standard InChI is InChI=1S/C17H20O3/c1-17(2)12-8-9-14(13(17)10-12)20-16(19)15(18)11-6-4-3-5-7-11/h3-7,12-14H,8-10H2,1-2H3. The zero-order valence-electron chi connectivity index (χ0n) is 12.0. The Labute approximate surface area is 119 Å². The van der Waals surface area contributed by atoms with Gasteiger partial charge in [-0.1, -0.05) is 44.2 Å². The summed E-state index contributed by atoms with van der Waals surface area (Å²) in [5.74, 6) is -0.0757. The maximum atomic E-state index is 12.0. The van der Waals surface area contributed by atoms with E-state index in [-0.39, 0.29) is 11.5 Å². The van der Waals surface area contributed by atoms with Gasteiger partial charge in [-0.2, -0.15) is 0 Å². The van der Waals surface area contributed by atoms with Crippen molar-refractivity contribution in [2.75, 3.05) is 0 Å². The van der Waals surface area contributed by atoms with Crippen LogP contribution in [0.1, 0.15) is 43.5 Å². The van der Waals surface area contributed by atoms with Gasteiger partial charge in [0.1, 0.15) is 6.10 Å². The number of ketones is 1. The van der Waals surface area contributed by atoms with Crippen LogP contribution in [0.15, 0.2) is 30.3 Å². The van der Waals surface area contributed by atoms with Gasteiger partial charge in [0.2, 0.25) is 0 Å². The van der Waals surface area contributed by atoms with E-state index in [9.17, 15) is 9.59 Å². The molecular formula is C17H20O3. The van der Waals surface area contributed by atoms with E-state index >= 15 is 0 Å². The van der Waals surface area contributed by atoms with Crippen LogP contribution in [-0.2, 0) is 9.53 Å². The molecule has 3 saturated carbocycles. The first-order chi connectivity index (χ1) is 9.50. The molecule has 3 aliphatic carbocycles. The van der Waals surface area contributed by atoms with Gasteiger partial charge in [0.25, 0.3) is 5.78 Å². The highest BCUT2D eigenvalue weighted by molar-refractivity contribution is 6.40. The number of benzene rings is 1. The van der Waals surface area contributed by atoms with Crippen molar-refractivity contribution in [3.05, 3.63) is 35.9 Å². The van der Waals surface area contributed by atoms with Crippen LogP contribution in [0, 0.1) is 17.3 Å². The lowest BCUT2D eigenvalue weighted by molar-refractivity contribution is -0.177. The third-order valence-electron chi connectivity index (χ3n) is 5.27. The van der Waals surface area contributed by atoms with Crippen LogP contribution in [-0.4, -0.2) is 17.9 Å². The molecule has 0 aromatic heterocycles. The van der Waals surface area contributed by atoms with E-state index in [0.717, 1.165) is 25.2 Å². The summed E-state index contributed by atoms with van der Waals surface area (Å²) in [5, 5.41) is 0. The molecule has 3 fully saturated rings. The van der Waals surface area contributed by atoms with Gasteiger partial charge in [-0.05, 0) is 30.6 Å². The number of esters is 1. The molecule has 3 unspecified atom stereocenters. The van der Waals surface area contributed by atoms with Crippen molar-refractivity contribution in [3.8, 4) is 0 Å². The van der Waals surface area contributed by atoms with E-state index in [2.05, 4.69) is 13.8 Å². The first-order valence-corrected chi connectivity index (χ1v) is 7.30. The van der Waals surface area contributed by atoms with Crippen LogP contribution >= 0.6 is 0 Å². The highest BCUT2D eigenvalue weighted by Crippen LogP contribution is 2.59. The van der Waals surface area contributed by atoms with Crippen LogP contribution in [0.4, 0.5) is 0 Å². The predicted octanol–water partition coefficient (Wildman–Crippen LogP) is 3.24. The number of ether oxygens (including phenoxy) is 1. The average molecular weight is 272 g/mol. The molecule has 0 radical (unpaired) electrons. The fourth-order valence-electron chi connectivity index (χ4n) is 3.78. The molecule has 2 bridgehead atoms. The SMILES string of the molecule is CC1(C)C2CCC(OC(=O)C(=O)c3ccccc3)C1C2. The summed E-state index contributed by atoms with van der Waals surface area (Å²) in [7, 11) is 0. The van der Waals surface area contributed by atoms with E-state index in [1.54, 1.807) is 24.3 Å². The summed E-state index contributed by atoms with van der Waals surface area (Å²) >= 11 is 0. The minimum Gasteiger partial charge on any atom is -0.456 e. The maximum Gasteiger partial charge on any atom is 0.379 e. The molecule has 3 aliphatic rings. The van der Waals surface area contributed by atoms with Gasteiger partial charge >= 0.3 is 5.97 Å². The second kappa shape index (κ2) is 4.72. The summed E-state index contributed by atoms with van der Waals surface area (Å²) in [6.45, 7) is 4.48. The smallest absolute Gasteiger partial charge is 0.379 e. The molecule has 0 saturated heterocycles. The van der Waals surface area contributed by atoms with Crippen molar-refractivity contribution < 1.29 is 14.3 Å². The third-order valence-corrected chi connectivity index (χ3v) is 5.27. The van der Waals surface area contributed by atoms with Gasteiger partial charge in [0.15, 0.2) is 0 Å². The average Bonchev–Trinajstić information content (AvgIpc) is 2.47. The van der Waals surface area contributed by atoms with Crippen molar-refractivity contribution in [1.82, 2.24) is 0 Å². The predicted molar refractivity (Wildman–Crippen MR) is 75.3 cm³/mol. The monoisotopic (exact) mass is 272 g/mol. The molecule has 20 heavy (non-hydrogen) atoms. The van der Waals surface area contributed by atoms with Crippen LogP contribution in [0.5, 0.6) is 0 Å². The Bertz CT molecular complexity index is 530. The number of fused-ring (bicyclic) bond motifs is 2. The van der Waals surface area contributed by atoms with Crippen molar-refractivity contribution in [3.63, 3.8) is 0 Å². The number of carbonyl (C=O) groups excluding carboxylic acids is 2. The molecular weight excluding hydrogens is 252 g/mol. The lowest BCUT2D eigenvalue weighted by atomic mass is 9.48. The lowest BCUT2D eigenvalue weighted by Gasteiger charge is -2.59. The second-order valence-electron chi connectivity index (χ2n) is 6.58. The molecule has 0 amide bonds. The molecule has 106 valence electrons. The summed E-state index contributed by atoms with van der Waals surface area (Å²) in [6, 6.07) is 8.61. The summed E-state index contributed by atoms with van der Waals surface area (Å²) in [5.41, 5.74) is 0.651. The van der Waals surface area contributed by atoms with Gasteiger partial charge < -0.3 is 4.74 Å². The minimum atomic E-state index is -0.706. The van der Waals surface area contributed by atoms with Gasteiger partial charge in [0, 0.05) is 11.5 Å². The Kier molecular flexibility index (Phi) is 3.15. The molecule has 1 aromatic rings. The second-order valence-corrected chi connectivity index (χ2v) is 6.58. The minimum absolute atomic E-state index is 0.0878. The quantitative estimate of drug-likeness (QED) is 0.482. The van der Waals surface area contributed by atoms with Gasteiger partial charge in [0.05, 0.1) is 0 Å². The Hall–Kier alpha value is -1.64. The Balaban J connectivity index is 1.66. The normalized spacial score (nSPS) is 30.2. The van der Waals surface area contributed by atoms with Crippen molar-refractivity contribution in [2.24, 2.45) is 17.3 Å². The molecule has 3 atom stereocenters. The zero-order valence-corrected chi connectivity index (χ0v) is 12.0. The topological polar surface area (TPSA) is 43.4 Å². The number of Topliss-reactive ketones (excluding diaryl/α,β-unsaturated/α-hetero) is 1. The van der Waals surface area contributed by atoms with Gasteiger partial charge in [-0.3, -0.25) is 4.79 Å². The maximum absolute atomic E-state index is 12.0. The highest BCUT2D eigenvalue weighted by atomic mass is 16.5. The molecule has 0 aliphatic heterocycles. The highest BCUT2D eigenvalue weighted by Gasteiger charge is 2.55. The number of hydrogen-bond donors (Lipinski definition) is 0. The van der Waals surface area contributed by atoms with E-state index in [1.165, 1.54) is 0 Å². The van der Waals surface area contributed by atoms with Crippen LogP contribution in [0.25, 0.3) is 0 Å². The largest absolute Gasteiger partial charge is 0.456 e. The summed E-state index contributed by atoms with van der Waals surface area (Å²) < 4.78 is 5.50. The molecule has 3 heteroatoms. The molecule has 0 spiro atoms. The summed E-state index contributed by atoms with van der Waals surface area (Å²) in [6.07, 6.45) is 3.04. The third kappa shape index (κ3) is 2.05. The Morgan fingerprint density at radius 2 is 1.85 bits per heavy atom. The fourth-order valence-corrected chi connectivity index (χ4v) is 3.78. The molecule has 1 aromatic carbocycles. The Morgan fingerprint density at radius 1 is 1.15 bits per heavy atom. The number of carbonyl (C=O) groups is 2. The zero-order chi connectivity index (χ0) is 14.3. The molecule has 4 rings (SSSR count). The van der Waals surface area contributed by atoms with Crippen LogP contribution < -0.4 is 0 Å².